The molecule has 0 aliphatic heterocycles. The van der Waals surface area contributed by atoms with Gasteiger partial charge in [-0.05, 0) is 27.7 Å². The van der Waals surface area contributed by atoms with Crippen LogP contribution >= 0.6 is 0 Å². The second kappa shape index (κ2) is 47.2. The molecule has 0 fully saturated rings. The molecule has 113 heavy (non-hydrogen) atoms. The molecule has 0 aromatic heterocycles. The lowest BCUT2D eigenvalue weighted by Crippen LogP contribution is -2.40. The summed E-state index contributed by atoms with van der Waals surface area (Å²) in [6.07, 6.45) is -3.25. The Morgan fingerprint density at radius 2 is 0.504 bits per heavy atom. The van der Waals surface area contributed by atoms with Crippen LogP contribution in [0.1, 0.15) is 27.7 Å². The van der Waals surface area contributed by atoms with Gasteiger partial charge in [0.05, 0.1) is 198 Å². The van der Waals surface area contributed by atoms with Gasteiger partial charge < -0.3 is 74.5 Å². The lowest BCUT2D eigenvalue weighted by Gasteiger charge is -2.23. The lowest BCUT2D eigenvalue weighted by molar-refractivity contribution is -0.402. The Morgan fingerprint density at radius 1 is 0.292 bits per heavy atom. The first-order chi connectivity index (χ1) is 53.5. The second-order valence-corrected chi connectivity index (χ2v) is 23.5. The Morgan fingerprint density at radius 3 is 0.752 bits per heavy atom. The monoisotopic (exact) mass is 1610 g/mol. The zero-order valence-corrected chi connectivity index (χ0v) is 60.4. The van der Waals surface area contributed by atoms with Crippen LogP contribution in [-0.4, -0.2) is 263 Å². The van der Waals surface area contributed by atoms with Crippen molar-refractivity contribution in [2.75, 3.05) is 179 Å². The lowest BCUT2D eigenvalue weighted by atomic mass is 10.2. The van der Waals surface area contributed by atoms with Gasteiger partial charge in [-0.15, -0.1) is 0 Å². The standard InChI is InChI=1S/C58H78N20O35/c1-37(33-107-18-17-105-20-23-109-57(79)63-9-15-65(11-5-59-53-45(71(89)90)25-41(67(81)82)26-46(53)72(91)92)12-6-60-54-47(73(93)94)27-42(68(83)84)28-48(54)74(95)96)111-35-39(3)113-36-40(4)112-34-38(2)108-22-19-106-21-24-110-58(80)64-10-16-66(13-7-61-55-49(75(97)98)29-43(69(85)86)30-50(55)76(99)100)14-8-62-56-51(77(101)102)31-44(70(87)88)32-52(56)78(103)104/h25-32,37-40,59-62H,5-24,33-36H2,1-4H3,(H,63,79)(H,64,80). The third-order valence-electron chi connectivity index (χ3n) is 15.2. The van der Waals surface area contributed by atoms with Gasteiger partial charge in [-0.2, -0.15) is 0 Å². The number of ether oxygens (including phenoxy) is 9. The number of nitrogens with zero attached hydrogens (tertiary/aromatic N) is 14. The highest BCUT2D eigenvalue weighted by Gasteiger charge is 2.35. The van der Waals surface area contributed by atoms with E-state index in [-0.39, 0.29) is 182 Å². The van der Waals surface area contributed by atoms with Crippen molar-refractivity contribution in [3.05, 3.63) is 170 Å². The molecule has 0 spiro atoms. The van der Waals surface area contributed by atoms with Crippen LogP contribution in [0.2, 0.25) is 0 Å². The number of hydrogen-bond acceptors (Lipinski definition) is 41. The van der Waals surface area contributed by atoms with E-state index in [0.29, 0.717) is 48.5 Å². The Hall–Kier alpha value is -12.9. The van der Waals surface area contributed by atoms with Crippen LogP contribution in [-0.2, 0) is 42.6 Å². The number of nitro benzene ring substituents is 12. The summed E-state index contributed by atoms with van der Waals surface area (Å²) in [6, 6.07) is 4.10. The molecule has 6 N–H and O–H groups in total. The molecule has 4 unspecified atom stereocenters. The van der Waals surface area contributed by atoms with Gasteiger partial charge in [0.2, 0.25) is 0 Å². The van der Waals surface area contributed by atoms with Crippen LogP contribution < -0.4 is 31.9 Å². The fourth-order valence-corrected chi connectivity index (χ4v) is 9.81. The molecule has 55 nitrogen and oxygen atoms in total. The van der Waals surface area contributed by atoms with Gasteiger partial charge in [0, 0.05) is 78.5 Å². The van der Waals surface area contributed by atoms with Crippen molar-refractivity contribution in [3.63, 3.8) is 0 Å². The largest absolute Gasteiger partial charge is 0.447 e. The molecule has 2 amide bonds. The molecule has 4 rings (SSSR count). The number of non-ortho nitro benzene ring substituents is 4. The Balaban J connectivity index is 1.10. The van der Waals surface area contributed by atoms with Crippen LogP contribution in [0.4, 0.5) is 101 Å². The van der Waals surface area contributed by atoms with Gasteiger partial charge in [0.25, 0.3) is 22.7 Å². The number of anilines is 4. The van der Waals surface area contributed by atoms with E-state index in [2.05, 4.69) is 31.9 Å². The van der Waals surface area contributed by atoms with Crippen molar-refractivity contribution in [3.8, 4) is 0 Å². The molecule has 55 heteroatoms. The molecule has 0 bridgehead atoms. The van der Waals surface area contributed by atoms with Crippen molar-refractivity contribution < 1.29 is 111 Å². The van der Waals surface area contributed by atoms with Crippen molar-refractivity contribution in [1.29, 1.82) is 0 Å². The molecular formula is C58H78N20O35. The van der Waals surface area contributed by atoms with E-state index in [4.69, 9.17) is 42.6 Å². The van der Waals surface area contributed by atoms with Crippen molar-refractivity contribution in [1.82, 2.24) is 20.4 Å². The van der Waals surface area contributed by atoms with Crippen molar-refractivity contribution >= 4 is 103 Å². The Kier molecular flexibility index (Phi) is 38.6. The Bertz CT molecular complexity index is 3710. The van der Waals surface area contributed by atoms with Gasteiger partial charge in [-0.3, -0.25) is 131 Å². The molecular weight excluding hydrogens is 1540 g/mol. The summed E-state index contributed by atoms with van der Waals surface area (Å²) in [5.41, 5.74) is -14.5. The van der Waals surface area contributed by atoms with Crippen LogP contribution in [0.5, 0.6) is 0 Å². The smallest absolute Gasteiger partial charge is 0.407 e. The molecule has 0 heterocycles. The first-order valence-electron chi connectivity index (χ1n) is 33.4. The van der Waals surface area contributed by atoms with Gasteiger partial charge in [0.1, 0.15) is 13.2 Å². The predicted molar refractivity (Wildman–Crippen MR) is 385 cm³/mol. The Labute approximate surface area is 634 Å². The highest BCUT2D eigenvalue weighted by molar-refractivity contribution is 5.80. The highest BCUT2D eigenvalue weighted by atomic mass is 16.7. The third kappa shape index (κ3) is 31.9. The van der Waals surface area contributed by atoms with Crippen LogP contribution in [0.3, 0.4) is 0 Å². The molecule has 620 valence electrons. The fourth-order valence-electron chi connectivity index (χ4n) is 9.81. The number of nitrogens with one attached hydrogen (secondary N) is 6. The minimum atomic E-state index is -1.08. The number of carbonyl (C=O) groups is 2. The van der Waals surface area contributed by atoms with Crippen LogP contribution in [0.15, 0.2) is 48.5 Å². The molecule has 0 saturated carbocycles. The van der Waals surface area contributed by atoms with E-state index >= 15 is 0 Å². The average Bonchev–Trinajstić information content (AvgIpc) is 0.822. The number of benzene rings is 4. The zero-order chi connectivity index (χ0) is 84.0. The van der Waals surface area contributed by atoms with Gasteiger partial charge in [-0.1, -0.05) is 0 Å². The minimum absolute atomic E-state index is 0.0548. The van der Waals surface area contributed by atoms with E-state index in [9.17, 15) is 131 Å². The van der Waals surface area contributed by atoms with E-state index in [1.807, 2.05) is 0 Å². The molecule has 4 aromatic rings. The van der Waals surface area contributed by atoms with Gasteiger partial charge >= 0.3 is 57.7 Å². The quantitative estimate of drug-likeness (QED) is 0.0166. The number of alkyl carbamates (subject to hydrolysis) is 2. The van der Waals surface area contributed by atoms with E-state index in [1.54, 1.807) is 27.7 Å². The summed E-state index contributed by atoms with van der Waals surface area (Å²) in [5, 5.41) is 155. The summed E-state index contributed by atoms with van der Waals surface area (Å²) in [6.45, 7) is 5.31. The second-order valence-electron chi connectivity index (χ2n) is 23.5. The fraction of sp³-hybridized carbons (Fsp3) is 0.552. The maximum atomic E-state index is 12.6. The number of nitro groups is 12. The molecule has 4 aromatic carbocycles. The van der Waals surface area contributed by atoms with Gasteiger partial charge in [0.15, 0.2) is 22.7 Å². The molecule has 0 aliphatic rings. The number of carbonyl (C=O) groups excluding carboxylic acids is 2. The summed E-state index contributed by atoms with van der Waals surface area (Å²) >= 11 is 0. The average molecular weight is 1620 g/mol. The summed E-state index contributed by atoms with van der Waals surface area (Å²) in [4.78, 5) is 155. The first-order valence-corrected chi connectivity index (χ1v) is 33.4. The first kappa shape index (κ1) is 92.4. The summed E-state index contributed by atoms with van der Waals surface area (Å²) < 4.78 is 50.0. The van der Waals surface area contributed by atoms with E-state index in [1.165, 1.54) is 9.80 Å². The molecule has 0 aliphatic carbocycles. The van der Waals surface area contributed by atoms with Crippen LogP contribution in [0, 0.1) is 121 Å². The SMILES string of the molecule is CC(COCCOCCOC(=O)NCCN(CCNc1c([N+](=O)[O-])cc([N+](=O)[O-])cc1[N+](=O)[O-])CCNc1c([N+](=O)[O-])cc([N+](=O)[O-])cc1[N+](=O)[O-])OCC(C)OCC(C)OCC(C)OCCOCCOC(=O)NCCN(CCNc1c([N+](=O)[O-])cc([N+](=O)[O-])cc1[N+](=O)[O-])CCNc1c([N+](=O)[O-])cc([N+](=O)[O-])cc1[N+](=O)[O-]. The summed E-state index contributed by atoms with van der Waals surface area (Å²) in [7, 11) is 0. The van der Waals surface area contributed by atoms with Crippen molar-refractivity contribution in [2.24, 2.45) is 0 Å². The minimum Gasteiger partial charge on any atom is -0.447 e. The highest BCUT2D eigenvalue weighted by Crippen LogP contribution is 2.42. The molecule has 0 saturated heterocycles. The maximum absolute atomic E-state index is 12.6. The van der Waals surface area contributed by atoms with Crippen LogP contribution in [0.25, 0.3) is 0 Å². The topological polar surface area (TPSA) is 714 Å². The van der Waals surface area contributed by atoms with Crippen molar-refractivity contribution in [2.45, 2.75) is 52.1 Å². The number of rotatable bonds is 58. The predicted octanol–water partition coefficient (Wildman–Crippen LogP) is 6.06. The third-order valence-corrected chi connectivity index (χ3v) is 15.2. The number of hydrogen-bond donors (Lipinski definition) is 6. The van der Waals surface area contributed by atoms with E-state index < -0.39 is 162 Å². The maximum Gasteiger partial charge on any atom is 0.407 e. The molecule has 4 atom stereocenters. The normalized spacial score (nSPS) is 12.2. The zero-order valence-electron chi connectivity index (χ0n) is 60.4. The molecule has 0 radical (unpaired) electrons. The van der Waals surface area contributed by atoms with Gasteiger partial charge in [-0.25, -0.2) is 9.59 Å². The number of amides is 2. The summed E-state index contributed by atoms with van der Waals surface area (Å²) in [5.74, 6) is 0. The van der Waals surface area contributed by atoms with E-state index in [0.717, 1.165) is 0 Å².